The second-order valence-electron chi connectivity index (χ2n) is 8.72. The average molecular weight is 304 g/mol. The van der Waals surface area contributed by atoms with E-state index >= 15 is 0 Å². The van der Waals surface area contributed by atoms with Crippen molar-refractivity contribution in [3.05, 3.63) is 11.6 Å². The zero-order valence-corrected chi connectivity index (χ0v) is 13.7. The first-order valence-electron chi connectivity index (χ1n) is 8.95. The summed E-state index contributed by atoms with van der Waals surface area (Å²) in [7, 11) is 0. The van der Waals surface area contributed by atoms with Crippen LogP contribution in [-0.4, -0.2) is 28.2 Å². The molecule has 3 saturated carbocycles. The summed E-state index contributed by atoms with van der Waals surface area (Å²) in [5.74, 6) is 2.16. The van der Waals surface area contributed by atoms with Gasteiger partial charge < -0.3 is 10.2 Å². The zero-order chi connectivity index (χ0) is 15.7. The Morgan fingerprint density at radius 1 is 1.09 bits per heavy atom. The lowest BCUT2D eigenvalue weighted by atomic mass is 9.48. The van der Waals surface area contributed by atoms with Crippen LogP contribution in [0.1, 0.15) is 58.8 Å². The lowest BCUT2D eigenvalue weighted by Crippen LogP contribution is -2.53. The summed E-state index contributed by atoms with van der Waals surface area (Å²) in [6.45, 7) is 4.49. The van der Waals surface area contributed by atoms with Crippen LogP contribution < -0.4 is 0 Å². The van der Waals surface area contributed by atoms with E-state index in [-0.39, 0.29) is 10.8 Å². The Morgan fingerprint density at radius 3 is 2.59 bits per heavy atom. The molecule has 0 heterocycles. The van der Waals surface area contributed by atoms with E-state index in [0.717, 1.165) is 32.1 Å². The van der Waals surface area contributed by atoms with Crippen LogP contribution in [0, 0.1) is 28.6 Å². The van der Waals surface area contributed by atoms with Crippen molar-refractivity contribution >= 4 is 5.78 Å². The van der Waals surface area contributed by atoms with Gasteiger partial charge in [-0.2, -0.15) is 0 Å². The van der Waals surface area contributed by atoms with Crippen LogP contribution in [0.5, 0.6) is 0 Å². The van der Waals surface area contributed by atoms with E-state index in [1.54, 1.807) is 0 Å². The van der Waals surface area contributed by atoms with Crippen molar-refractivity contribution in [3.8, 4) is 0 Å². The van der Waals surface area contributed by atoms with E-state index in [1.165, 1.54) is 5.57 Å². The maximum absolute atomic E-state index is 12.4. The molecule has 4 aliphatic carbocycles. The molecule has 0 radical (unpaired) electrons. The van der Waals surface area contributed by atoms with Crippen LogP contribution in [0.15, 0.2) is 11.6 Å². The molecule has 122 valence electrons. The fourth-order valence-corrected chi connectivity index (χ4v) is 6.46. The Bertz CT molecular complexity index is 539. The third-order valence-electron chi connectivity index (χ3n) is 7.84. The van der Waals surface area contributed by atoms with E-state index < -0.39 is 12.2 Å². The first kappa shape index (κ1) is 14.9. The van der Waals surface area contributed by atoms with Crippen molar-refractivity contribution in [1.29, 1.82) is 0 Å². The highest BCUT2D eigenvalue weighted by Crippen LogP contribution is 2.63. The smallest absolute Gasteiger partial charge is 0.139 e. The number of fused-ring (bicyclic) bond motifs is 5. The molecule has 0 aromatic rings. The normalized spacial score (nSPS) is 54.3. The highest BCUT2D eigenvalue weighted by molar-refractivity contribution is 5.87. The number of hydrogen-bond donors (Lipinski definition) is 2. The third kappa shape index (κ3) is 1.78. The van der Waals surface area contributed by atoms with E-state index in [4.69, 9.17) is 0 Å². The first-order chi connectivity index (χ1) is 10.4. The van der Waals surface area contributed by atoms with Gasteiger partial charge in [0.1, 0.15) is 5.78 Å². The molecule has 0 amide bonds. The predicted octanol–water partition coefficient (Wildman–Crippen LogP) is 2.85. The van der Waals surface area contributed by atoms with Crippen molar-refractivity contribution in [2.75, 3.05) is 0 Å². The van der Waals surface area contributed by atoms with Gasteiger partial charge in [0.15, 0.2) is 0 Å². The van der Waals surface area contributed by atoms with Crippen LogP contribution in [-0.2, 0) is 4.79 Å². The Morgan fingerprint density at radius 2 is 1.82 bits per heavy atom. The van der Waals surface area contributed by atoms with Crippen LogP contribution in [0.4, 0.5) is 0 Å². The molecule has 0 saturated heterocycles. The van der Waals surface area contributed by atoms with Gasteiger partial charge >= 0.3 is 0 Å². The molecule has 3 heteroatoms. The van der Waals surface area contributed by atoms with Gasteiger partial charge in [0, 0.05) is 11.8 Å². The lowest BCUT2D eigenvalue weighted by Gasteiger charge is -2.57. The summed E-state index contributed by atoms with van der Waals surface area (Å²) < 4.78 is 0. The first-order valence-corrected chi connectivity index (χ1v) is 8.95. The molecule has 2 N–H and O–H groups in total. The molecule has 7 atom stereocenters. The van der Waals surface area contributed by atoms with Crippen LogP contribution >= 0.6 is 0 Å². The largest absolute Gasteiger partial charge is 0.390 e. The number of aliphatic hydroxyl groups is 2. The van der Waals surface area contributed by atoms with Gasteiger partial charge in [-0.05, 0) is 61.7 Å². The summed E-state index contributed by atoms with van der Waals surface area (Å²) in [5, 5.41) is 20.2. The molecule has 22 heavy (non-hydrogen) atoms. The number of aliphatic hydroxyl groups excluding tert-OH is 2. The fourth-order valence-electron chi connectivity index (χ4n) is 6.46. The molecule has 0 bridgehead atoms. The summed E-state index contributed by atoms with van der Waals surface area (Å²) in [4.78, 5) is 12.4. The molecule has 3 fully saturated rings. The third-order valence-corrected chi connectivity index (χ3v) is 7.84. The Labute approximate surface area is 132 Å². The van der Waals surface area contributed by atoms with Gasteiger partial charge in [-0.25, -0.2) is 0 Å². The summed E-state index contributed by atoms with van der Waals surface area (Å²) in [5.41, 5.74) is 1.30. The number of hydrogen-bond acceptors (Lipinski definition) is 3. The molecule has 4 aliphatic rings. The van der Waals surface area contributed by atoms with Crippen molar-refractivity contribution in [2.45, 2.75) is 71.0 Å². The van der Waals surface area contributed by atoms with Gasteiger partial charge in [-0.15, -0.1) is 0 Å². The molecule has 3 nitrogen and oxygen atoms in total. The minimum absolute atomic E-state index is 0.0224. The number of rotatable bonds is 0. The van der Waals surface area contributed by atoms with Gasteiger partial charge in [-0.1, -0.05) is 25.5 Å². The van der Waals surface area contributed by atoms with Crippen molar-refractivity contribution in [1.82, 2.24) is 0 Å². The van der Waals surface area contributed by atoms with Gasteiger partial charge in [0.2, 0.25) is 0 Å². The van der Waals surface area contributed by atoms with E-state index in [9.17, 15) is 15.0 Å². The van der Waals surface area contributed by atoms with Gasteiger partial charge in [0.05, 0.1) is 12.2 Å². The second kappa shape index (κ2) is 4.67. The molecular formula is C19H28O3. The van der Waals surface area contributed by atoms with E-state index in [0.29, 0.717) is 36.4 Å². The fraction of sp³-hybridized carbons (Fsp3) is 0.842. The monoisotopic (exact) mass is 304 g/mol. The molecule has 0 spiro atoms. The maximum atomic E-state index is 12.4. The van der Waals surface area contributed by atoms with Crippen LogP contribution in [0.3, 0.4) is 0 Å². The molecule has 0 aliphatic heterocycles. The number of allylic oxidation sites excluding steroid dienone is 1. The van der Waals surface area contributed by atoms with Crippen molar-refractivity contribution in [2.24, 2.45) is 28.6 Å². The quantitative estimate of drug-likeness (QED) is 0.677. The van der Waals surface area contributed by atoms with E-state index in [2.05, 4.69) is 19.9 Å². The Balaban J connectivity index is 1.70. The van der Waals surface area contributed by atoms with Crippen molar-refractivity contribution in [3.63, 3.8) is 0 Å². The second-order valence-corrected chi connectivity index (χ2v) is 8.72. The number of Topliss-reactive ketones (excluding diaryl/α,β-unsaturated/α-hetero) is 1. The molecule has 0 aromatic heterocycles. The summed E-state index contributed by atoms with van der Waals surface area (Å²) in [6.07, 6.45) is 7.44. The molecular weight excluding hydrogens is 276 g/mol. The topological polar surface area (TPSA) is 57.5 Å². The minimum Gasteiger partial charge on any atom is -0.390 e. The number of carbonyl (C=O) groups is 1. The predicted molar refractivity (Wildman–Crippen MR) is 84.1 cm³/mol. The molecule has 0 unspecified atom stereocenters. The van der Waals surface area contributed by atoms with Gasteiger partial charge in [-0.3, -0.25) is 4.79 Å². The van der Waals surface area contributed by atoms with E-state index in [1.807, 2.05) is 0 Å². The number of ketones is 1. The van der Waals surface area contributed by atoms with Crippen LogP contribution in [0.2, 0.25) is 0 Å². The number of carbonyl (C=O) groups excluding carboxylic acids is 1. The van der Waals surface area contributed by atoms with Gasteiger partial charge in [0.25, 0.3) is 0 Å². The summed E-state index contributed by atoms with van der Waals surface area (Å²) >= 11 is 0. The lowest BCUT2D eigenvalue weighted by molar-refractivity contribution is -0.133. The standard InChI is InChI=1S/C19H28O3/c1-18-8-7-14-12(13(18)5-6-17(18)22)4-3-11-9-15(20)16(21)10-19(11,14)2/h3,12-16,20-21H,4-10H2,1-2H3/t12-,13-,14-,15+,16+,18-,19-/m0/s1. The highest BCUT2D eigenvalue weighted by Gasteiger charge is 2.59. The van der Waals surface area contributed by atoms with Crippen LogP contribution in [0.25, 0.3) is 0 Å². The Kier molecular flexibility index (Phi) is 3.16. The summed E-state index contributed by atoms with van der Waals surface area (Å²) in [6, 6.07) is 0. The minimum atomic E-state index is -0.599. The maximum Gasteiger partial charge on any atom is 0.139 e. The molecule has 0 aromatic carbocycles. The zero-order valence-electron chi connectivity index (χ0n) is 13.7. The highest BCUT2D eigenvalue weighted by atomic mass is 16.3. The molecule has 4 rings (SSSR count). The SMILES string of the molecule is C[C@]12C[C@@H](O)[C@H](O)CC1=CC[C@@H]1[C@@H]2CC[C@]2(C)C(=O)CC[C@@H]12. The van der Waals surface area contributed by atoms with Crippen molar-refractivity contribution < 1.29 is 15.0 Å². The Hall–Kier alpha value is -0.670. The average Bonchev–Trinajstić information content (AvgIpc) is 2.77.